The van der Waals surface area contributed by atoms with Gasteiger partial charge in [0.25, 0.3) is 0 Å². The molecule has 0 spiro atoms. The average molecular weight is 363 g/mol. The van der Waals surface area contributed by atoms with E-state index >= 15 is 0 Å². The van der Waals surface area contributed by atoms with Gasteiger partial charge >= 0.3 is 0 Å². The van der Waals surface area contributed by atoms with Gasteiger partial charge in [0.1, 0.15) is 6.04 Å². The second-order valence-corrected chi connectivity index (χ2v) is 7.71. The molecule has 0 unspecified atom stereocenters. The Kier molecular flexibility index (Phi) is 5.90. The maximum Gasteiger partial charge on any atom is 0.249 e. The van der Waals surface area contributed by atoms with E-state index in [0.717, 1.165) is 51.7 Å². The molecule has 2 saturated heterocycles. The zero-order valence-corrected chi connectivity index (χ0v) is 15.7. The molecule has 3 heterocycles. The van der Waals surface area contributed by atoms with Crippen molar-refractivity contribution in [3.63, 3.8) is 0 Å². The van der Waals surface area contributed by atoms with Crippen LogP contribution in [0.4, 0.5) is 0 Å². The molecule has 1 aromatic rings. The first kappa shape index (κ1) is 18.8. The second kappa shape index (κ2) is 8.16. The molecule has 1 aromatic heterocycles. The normalized spacial score (nSPS) is 22.7. The summed E-state index contributed by atoms with van der Waals surface area (Å²) in [6, 6.07) is -0.111. The van der Waals surface area contributed by atoms with E-state index in [0.29, 0.717) is 11.7 Å². The van der Waals surface area contributed by atoms with Crippen LogP contribution < -0.4 is 5.73 Å². The van der Waals surface area contributed by atoms with E-state index < -0.39 is 0 Å². The first-order chi connectivity index (χ1) is 12.5. The van der Waals surface area contributed by atoms with Crippen LogP contribution in [0.3, 0.4) is 0 Å². The predicted octanol–water partition coefficient (Wildman–Crippen LogP) is 1.44. The molecular weight excluding hydrogens is 334 g/mol. The monoisotopic (exact) mass is 363 g/mol. The van der Waals surface area contributed by atoms with Crippen molar-refractivity contribution < 1.29 is 14.1 Å². The molecular formula is C18H29N5O3. The minimum absolute atomic E-state index is 0.00721. The largest absolute Gasteiger partial charge is 0.369 e. The van der Waals surface area contributed by atoms with Crippen molar-refractivity contribution >= 4 is 11.8 Å². The first-order valence-corrected chi connectivity index (χ1v) is 9.60. The lowest BCUT2D eigenvalue weighted by molar-refractivity contribution is -0.141. The van der Waals surface area contributed by atoms with E-state index in [1.807, 2.05) is 23.6 Å². The van der Waals surface area contributed by atoms with Gasteiger partial charge in [-0.2, -0.15) is 4.98 Å². The molecule has 2 N–H and O–H groups in total. The number of rotatable bonds is 5. The highest BCUT2D eigenvalue weighted by molar-refractivity contribution is 5.79. The average Bonchev–Trinajstić information content (AvgIpc) is 3.11. The van der Waals surface area contributed by atoms with E-state index in [2.05, 4.69) is 10.1 Å². The lowest BCUT2D eigenvalue weighted by Crippen LogP contribution is -2.46. The van der Waals surface area contributed by atoms with E-state index in [4.69, 9.17) is 10.3 Å². The summed E-state index contributed by atoms with van der Waals surface area (Å²) >= 11 is 0. The zero-order chi connectivity index (χ0) is 18.7. The highest BCUT2D eigenvalue weighted by Gasteiger charge is 2.36. The van der Waals surface area contributed by atoms with Crippen LogP contribution in [0, 0.1) is 5.92 Å². The van der Waals surface area contributed by atoms with Crippen LogP contribution in [0.2, 0.25) is 0 Å². The lowest BCUT2D eigenvalue weighted by Gasteiger charge is -2.38. The number of amides is 2. The van der Waals surface area contributed by atoms with Gasteiger partial charge in [0, 0.05) is 18.4 Å². The molecule has 3 rings (SSSR count). The SMILES string of the molecule is CC(C)c1noc([C@@H]2CCCCN2C(=O)C2CCN(CC(N)=O)CC2)n1. The maximum absolute atomic E-state index is 13.1. The van der Waals surface area contributed by atoms with Gasteiger partial charge in [-0.05, 0) is 45.2 Å². The van der Waals surface area contributed by atoms with Crippen molar-refractivity contribution in [3.8, 4) is 0 Å². The molecule has 144 valence electrons. The van der Waals surface area contributed by atoms with E-state index in [9.17, 15) is 9.59 Å². The van der Waals surface area contributed by atoms with Gasteiger partial charge in [0.05, 0.1) is 6.54 Å². The minimum atomic E-state index is -0.316. The first-order valence-electron chi connectivity index (χ1n) is 9.60. The fourth-order valence-corrected chi connectivity index (χ4v) is 3.86. The summed E-state index contributed by atoms with van der Waals surface area (Å²) in [7, 11) is 0. The van der Waals surface area contributed by atoms with E-state index in [1.165, 1.54) is 0 Å². The van der Waals surface area contributed by atoms with Gasteiger partial charge in [0.15, 0.2) is 5.82 Å². The molecule has 2 amide bonds. The molecule has 8 nitrogen and oxygen atoms in total. The Morgan fingerprint density at radius 1 is 1.19 bits per heavy atom. The van der Waals surface area contributed by atoms with Crippen molar-refractivity contribution in [3.05, 3.63) is 11.7 Å². The Balaban J connectivity index is 1.65. The molecule has 2 fully saturated rings. The van der Waals surface area contributed by atoms with Crippen molar-refractivity contribution in [2.24, 2.45) is 11.7 Å². The van der Waals surface area contributed by atoms with Crippen molar-refractivity contribution in [1.29, 1.82) is 0 Å². The summed E-state index contributed by atoms with van der Waals surface area (Å²) < 4.78 is 5.48. The third-order valence-corrected chi connectivity index (χ3v) is 5.36. The molecule has 1 atom stereocenters. The molecule has 26 heavy (non-hydrogen) atoms. The van der Waals surface area contributed by atoms with Gasteiger partial charge in [-0.1, -0.05) is 19.0 Å². The summed E-state index contributed by atoms with van der Waals surface area (Å²) in [5, 5.41) is 4.06. The lowest BCUT2D eigenvalue weighted by atomic mass is 9.92. The summed E-state index contributed by atoms with van der Waals surface area (Å²) in [4.78, 5) is 32.7. The van der Waals surface area contributed by atoms with Crippen molar-refractivity contribution in [1.82, 2.24) is 19.9 Å². The molecule has 0 saturated carbocycles. The zero-order valence-electron chi connectivity index (χ0n) is 15.7. The summed E-state index contributed by atoms with van der Waals surface area (Å²) in [5.74, 6) is 1.31. The molecule has 0 radical (unpaired) electrons. The van der Waals surface area contributed by atoms with Crippen LogP contribution in [0.25, 0.3) is 0 Å². The Hall–Kier alpha value is -1.96. The van der Waals surface area contributed by atoms with Crippen LogP contribution in [0.15, 0.2) is 4.52 Å². The highest BCUT2D eigenvalue weighted by Crippen LogP contribution is 2.33. The molecule has 2 aliphatic heterocycles. The molecule has 2 aliphatic rings. The second-order valence-electron chi connectivity index (χ2n) is 7.71. The predicted molar refractivity (Wildman–Crippen MR) is 95.1 cm³/mol. The van der Waals surface area contributed by atoms with Crippen molar-refractivity contribution in [2.75, 3.05) is 26.2 Å². The Morgan fingerprint density at radius 2 is 1.92 bits per heavy atom. The number of primary amides is 1. The topological polar surface area (TPSA) is 106 Å². The van der Waals surface area contributed by atoms with Crippen molar-refractivity contribution in [2.45, 2.75) is 57.9 Å². The molecule has 8 heteroatoms. The third kappa shape index (κ3) is 4.23. The van der Waals surface area contributed by atoms with E-state index in [1.54, 1.807) is 0 Å². The number of hydrogen-bond acceptors (Lipinski definition) is 6. The van der Waals surface area contributed by atoms with Gasteiger partial charge in [0.2, 0.25) is 17.7 Å². The highest BCUT2D eigenvalue weighted by atomic mass is 16.5. The Bertz CT molecular complexity index is 637. The van der Waals surface area contributed by atoms with Crippen LogP contribution >= 0.6 is 0 Å². The van der Waals surface area contributed by atoms with E-state index in [-0.39, 0.29) is 36.2 Å². The van der Waals surface area contributed by atoms with Crippen LogP contribution in [-0.4, -0.2) is 57.9 Å². The number of likely N-dealkylation sites (tertiary alicyclic amines) is 2. The van der Waals surface area contributed by atoms with Gasteiger partial charge in [-0.25, -0.2) is 0 Å². The summed E-state index contributed by atoms with van der Waals surface area (Å²) in [6.45, 7) is 6.53. The molecule has 0 aliphatic carbocycles. The van der Waals surface area contributed by atoms with Crippen LogP contribution in [-0.2, 0) is 9.59 Å². The number of carbonyl (C=O) groups excluding carboxylic acids is 2. The number of hydrogen-bond donors (Lipinski definition) is 1. The number of carbonyl (C=O) groups is 2. The standard InChI is InChI=1S/C18H29N5O3/c1-12(2)16-20-17(26-21-16)14-5-3-4-8-23(14)18(25)13-6-9-22(10-7-13)11-15(19)24/h12-14H,3-11H2,1-2H3,(H2,19,24)/t14-/m0/s1. The summed E-state index contributed by atoms with van der Waals surface area (Å²) in [5.41, 5.74) is 5.26. The Morgan fingerprint density at radius 3 is 2.54 bits per heavy atom. The number of nitrogens with zero attached hydrogens (tertiary/aromatic N) is 4. The minimum Gasteiger partial charge on any atom is -0.369 e. The maximum atomic E-state index is 13.1. The van der Waals surface area contributed by atoms with Gasteiger partial charge < -0.3 is 15.2 Å². The van der Waals surface area contributed by atoms with Gasteiger partial charge in [-0.15, -0.1) is 0 Å². The smallest absolute Gasteiger partial charge is 0.249 e. The van der Waals surface area contributed by atoms with Crippen LogP contribution in [0.1, 0.15) is 69.6 Å². The quantitative estimate of drug-likeness (QED) is 0.849. The molecule has 0 aromatic carbocycles. The third-order valence-electron chi connectivity index (χ3n) is 5.36. The number of nitrogens with two attached hydrogens (primary N) is 1. The van der Waals surface area contributed by atoms with Gasteiger partial charge in [-0.3, -0.25) is 14.5 Å². The number of piperidine rings is 2. The fourth-order valence-electron chi connectivity index (χ4n) is 3.86. The Labute approximate surface area is 154 Å². The van der Waals surface area contributed by atoms with Crippen LogP contribution in [0.5, 0.6) is 0 Å². The summed E-state index contributed by atoms with van der Waals surface area (Å²) in [6.07, 6.45) is 4.46. The number of aromatic nitrogens is 2. The molecule has 0 bridgehead atoms. The fraction of sp³-hybridized carbons (Fsp3) is 0.778.